The first-order chi connectivity index (χ1) is 14.9. The van der Waals surface area contributed by atoms with Crippen molar-refractivity contribution in [2.24, 2.45) is 0 Å². The van der Waals surface area contributed by atoms with Crippen LogP contribution >= 0.6 is 0 Å². The number of nitrogens with one attached hydrogen (secondary N) is 1. The third-order valence-corrected chi connectivity index (χ3v) is 4.80. The van der Waals surface area contributed by atoms with Crippen molar-refractivity contribution in [3.05, 3.63) is 107 Å². The highest BCUT2D eigenvalue weighted by Gasteiger charge is 2.21. The van der Waals surface area contributed by atoms with Crippen LogP contribution in [0, 0.1) is 24.4 Å². The quantitative estimate of drug-likeness (QED) is 0.428. The van der Waals surface area contributed by atoms with Gasteiger partial charge in [0.05, 0.1) is 17.8 Å². The van der Waals surface area contributed by atoms with E-state index in [2.05, 4.69) is 10.4 Å². The van der Waals surface area contributed by atoms with Gasteiger partial charge in [0.2, 0.25) is 0 Å². The molecule has 156 valence electrons. The van der Waals surface area contributed by atoms with E-state index in [1.807, 2.05) is 61.5 Å². The maximum Gasteiger partial charge on any atom is 0.259 e. The highest BCUT2D eigenvalue weighted by Crippen LogP contribution is 2.26. The molecule has 1 heterocycles. The SMILES string of the molecule is Cc1ccc(-c2nn(Cc3ccccc3)cc2C(=O)Nc2ccc(F)c(F)c2F)cc1. The van der Waals surface area contributed by atoms with Gasteiger partial charge in [0.25, 0.3) is 5.91 Å². The molecule has 0 aliphatic carbocycles. The van der Waals surface area contributed by atoms with Crippen LogP contribution in [0.15, 0.2) is 72.9 Å². The third kappa shape index (κ3) is 4.35. The number of nitrogens with zero attached hydrogens (tertiary/aromatic N) is 2. The zero-order chi connectivity index (χ0) is 22.0. The van der Waals surface area contributed by atoms with Crippen LogP contribution in [0.4, 0.5) is 18.9 Å². The normalized spacial score (nSPS) is 10.8. The van der Waals surface area contributed by atoms with Crippen molar-refractivity contribution in [1.29, 1.82) is 0 Å². The van der Waals surface area contributed by atoms with Crippen molar-refractivity contribution < 1.29 is 18.0 Å². The number of aryl methyl sites for hydroxylation is 1. The molecular formula is C24H18F3N3O. The summed E-state index contributed by atoms with van der Waals surface area (Å²) in [5, 5.41) is 6.87. The van der Waals surface area contributed by atoms with Gasteiger partial charge in [-0.2, -0.15) is 5.10 Å². The molecule has 0 saturated carbocycles. The largest absolute Gasteiger partial charge is 0.319 e. The Morgan fingerprint density at radius 3 is 2.35 bits per heavy atom. The molecule has 3 aromatic carbocycles. The molecule has 0 spiro atoms. The molecule has 0 saturated heterocycles. The van der Waals surface area contributed by atoms with Crippen molar-refractivity contribution in [2.75, 3.05) is 5.32 Å². The van der Waals surface area contributed by atoms with E-state index in [1.165, 1.54) is 0 Å². The summed E-state index contributed by atoms with van der Waals surface area (Å²) in [4.78, 5) is 12.9. The maximum atomic E-state index is 14.0. The molecule has 31 heavy (non-hydrogen) atoms. The molecule has 0 fully saturated rings. The Hall–Kier alpha value is -3.87. The van der Waals surface area contributed by atoms with Crippen LogP contribution in [0.3, 0.4) is 0 Å². The van der Waals surface area contributed by atoms with Gasteiger partial charge in [-0.05, 0) is 24.6 Å². The number of carbonyl (C=O) groups is 1. The fourth-order valence-electron chi connectivity index (χ4n) is 3.18. The second kappa shape index (κ2) is 8.47. The van der Waals surface area contributed by atoms with Gasteiger partial charge < -0.3 is 5.32 Å². The zero-order valence-corrected chi connectivity index (χ0v) is 16.6. The second-order valence-corrected chi connectivity index (χ2v) is 7.12. The molecule has 0 aliphatic heterocycles. The molecule has 0 aliphatic rings. The Morgan fingerprint density at radius 1 is 0.935 bits per heavy atom. The lowest BCUT2D eigenvalue weighted by atomic mass is 10.1. The molecule has 0 bridgehead atoms. The van der Waals surface area contributed by atoms with E-state index in [0.717, 1.165) is 23.3 Å². The van der Waals surface area contributed by atoms with Gasteiger partial charge in [0.15, 0.2) is 17.5 Å². The van der Waals surface area contributed by atoms with Crippen LogP contribution in [0.1, 0.15) is 21.5 Å². The molecule has 0 atom stereocenters. The minimum Gasteiger partial charge on any atom is -0.319 e. The average Bonchev–Trinajstić information content (AvgIpc) is 3.19. The van der Waals surface area contributed by atoms with E-state index in [4.69, 9.17) is 0 Å². The summed E-state index contributed by atoms with van der Waals surface area (Å²) in [6, 6.07) is 18.8. The number of aromatic nitrogens is 2. The summed E-state index contributed by atoms with van der Waals surface area (Å²) in [6.07, 6.45) is 1.55. The molecule has 1 amide bonds. The zero-order valence-electron chi connectivity index (χ0n) is 16.6. The number of hydrogen-bond acceptors (Lipinski definition) is 2. The van der Waals surface area contributed by atoms with Crippen LogP contribution < -0.4 is 5.32 Å². The molecule has 4 nitrogen and oxygen atoms in total. The number of anilines is 1. The average molecular weight is 421 g/mol. The molecular weight excluding hydrogens is 403 g/mol. The lowest BCUT2D eigenvalue weighted by Gasteiger charge is -2.07. The fraction of sp³-hybridized carbons (Fsp3) is 0.0833. The Morgan fingerprint density at radius 2 is 1.65 bits per heavy atom. The lowest BCUT2D eigenvalue weighted by molar-refractivity contribution is 0.102. The predicted octanol–water partition coefficient (Wildman–Crippen LogP) is 5.58. The van der Waals surface area contributed by atoms with Gasteiger partial charge in [-0.1, -0.05) is 60.2 Å². The number of carbonyl (C=O) groups excluding carboxylic acids is 1. The summed E-state index contributed by atoms with van der Waals surface area (Å²) in [5.74, 6) is -5.11. The van der Waals surface area contributed by atoms with Crippen LogP contribution in [0.25, 0.3) is 11.3 Å². The fourth-order valence-corrected chi connectivity index (χ4v) is 3.18. The standard InChI is InChI=1S/C24H18F3N3O/c1-15-7-9-17(10-8-15)23-18(14-30(29-23)13-16-5-3-2-4-6-16)24(31)28-20-12-11-19(25)21(26)22(20)27/h2-12,14H,13H2,1H3,(H,28,31). The van der Waals surface area contributed by atoms with Crippen molar-refractivity contribution in [2.45, 2.75) is 13.5 Å². The highest BCUT2D eigenvalue weighted by molar-refractivity contribution is 6.08. The first-order valence-electron chi connectivity index (χ1n) is 9.55. The lowest BCUT2D eigenvalue weighted by Crippen LogP contribution is -2.14. The topological polar surface area (TPSA) is 46.9 Å². The maximum absolute atomic E-state index is 14.0. The van der Waals surface area contributed by atoms with E-state index in [1.54, 1.807) is 10.9 Å². The molecule has 4 rings (SSSR count). The molecule has 0 radical (unpaired) electrons. The Bertz CT molecular complexity index is 1240. The molecule has 7 heteroatoms. The summed E-state index contributed by atoms with van der Waals surface area (Å²) in [7, 11) is 0. The van der Waals surface area contributed by atoms with E-state index >= 15 is 0 Å². The van der Waals surface area contributed by atoms with Crippen molar-refractivity contribution in [3.63, 3.8) is 0 Å². The first-order valence-corrected chi connectivity index (χ1v) is 9.55. The van der Waals surface area contributed by atoms with Gasteiger partial charge >= 0.3 is 0 Å². The van der Waals surface area contributed by atoms with Gasteiger partial charge in [0.1, 0.15) is 5.69 Å². The smallest absolute Gasteiger partial charge is 0.259 e. The Labute approximate surface area is 177 Å². The van der Waals surface area contributed by atoms with E-state index < -0.39 is 29.0 Å². The molecule has 1 N–H and O–H groups in total. The highest BCUT2D eigenvalue weighted by atomic mass is 19.2. The van der Waals surface area contributed by atoms with Crippen molar-refractivity contribution >= 4 is 11.6 Å². The van der Waals surface area contributed by atoms with E-state index in [9.17, 15) is 18.0 Å². The summed E-state index contributed by atoms with van der Waals surface area (Å²) in [6.45, 7) is 2.36. The summed E-state index contributed by atoms with van der Waals surface area (Å²) in [5.41, 5.74) is 2.87. The van der Waals surface area contributed by atoms with Crippen molar-refractivity contribution in [3.8, 4) is 11.3 Å². The minimum absolute atomic E-state index is 0.184. The Kier molecular flexibility index (Phi) is 5.58. The number of rotatable bonds is 5. The Balaban J connectivity index is 1.71. The molecule has 4 aromatic rings. The minimum atomic E-state index is -1.64. The molecule has 1 aromatic heterocycles. The van der Waals surface area contributed by atoms with Gasteiger partial charge in [-0.25, -0.2) is 13.2 Å². The van der Waals surface area contributed by atoms with E-state index in [0.29, 0.717) is 17.8 Å². The number of amides is 1. The number of halogens is 3. The summed E-state index contributed by atoms with van der Waals surface area (Å²) >= 11 is 0. The monoisotopic (exact) mass is 421 g/mol. The van der Waals surface area contributed by atoms with Crippen LogP contribution in [-0.2, 0) is 6.54 Å². The van der Waals surface area contributed by atoms with Crippen molar-refractivity contribution in [1.82, 2.24) is 9.78 Å². The van der Waals surface area contributed by atoms with Crippen LogP contribution in [0.2, 0.25) is 0 Å². The summed E-state index contributed by atoms with van der Waals surface area (Å²) < 4.78 is 42.4. The second-order valence-electron chi connectivity index (χ2n) is 7.12. The van der Waals surface area contributed by atoms with Gasteiger partial charge in [-0.15, -0.1) is 0 Å². The number of benzene rings is 3. The van der Waals surface area contributed by atoms with Crippen LogP contribution in [0.5, 0.6) is 0 Å². The predicted molar refractivity (Wildman–Crippen MR) is 112 cm³/mol. The number of hydrogen-bond donors (Lipinski definition) is 1. The van der Waals surface area contributed by atoms with E-state index in [-0.39, 0.29) is 5.56 Å². The molecule has 0 unspecified atom stereocenters. The third-order valence-electron chi connectivity index (χ3n) is 4.80. The van der Waals surface area contributed by atoms with Gasteiger partial charge in [-0.3, -0.25) is 9.48 Å². The van der Waals surface area contributed by atoms with Crippen LogP contribution in [-0.4, -0.2) is 15.7 Å². The van der Waals surface area contributed by atoms with Gasteiger partial charge in [0, 0.05) is 11.8 Å². The first kappa shape index (κ1) is 20.4.